The lowest BCUT2D eigenvalue weighted by atomic mass is 10.0. The predicted octanol–water partition coefficient (Wildman–Crippen LogP) is 3.23. The Morgan fingerprint density at radius 3 is 2.37 bits per heavy atom. The van der Waals surface area contributed by atoms with Crippen LogP contribution in [-0.2, 0) is 11.0 Å². The number of amides is 1. The van der Waals surface area contributed by atoms with Crippen molar-refractivity contribution in [1.82, 2.24) is 19.9 Å². The Labute approximate surface area is 176 Å². The summed E-state index contributed by atoms with van der Waals surface area (Å²) in [6.07, 6.45) is 1.69. The topological polar surface area (TPSA) is 74.2 Å². The standard InChI is InChI=1S/C19H20ClF3N6O/c20-15-10-26-17(11-24-15)28-6-3-13(4-7-28)29-8-5-14(18(29)30)27-16-2-1-12(9-25-16)19(21,22)23/h1-2,9-11,13-14H,3-8H2,(H,25,27)/t14-/m0/s1. The van der Waals surface area contributed by atoms with Gasteiger partial charge in [-0.2, -0.15) is 13.2 Å². The van der Waals surface area contributed by atoms with Crippen LogP contribution >= 0.6 is 11.6 Å². The van der Waals surface area contributed by atoms with Gasteiger partial charge in [0.2, 0.25) is 5.91 Å². The number of nitrogens with zero attached hydrogens (tertiary/aromatic N) is 5. The van der Waals surface area contributed by atoms with Gasteiger partial charge < -0.3 is 15.1 Å². The van der Waals surface area contributed by atoms with Gasteiger partial charge in [-0.25, -0.2) is 15.0 Å². The van der Waals surface area contributed by atoms with Crippen LogP contribution in [0.4, 0.5) is 24.8 Å². The molecule has 1 amide bonds. The van der Waals surface area contributed by atoms with Crippen LogP contribution in [0, 0.1) is 0 Å². The largest absolute Gasteiger partial charge is 0.417 e. The van der Waals surface area contributed by atoms with Gasteiger partial charge in [-0.15, -0.1) is 0 Å². The number of aromatic nitrogens is 3. The maximum Gasteiger partial charge on any atom is 0.417 e. The lowest BCUT2D eigenvalue weighted by Crippen LogP contribution is -2.47. The van der Waals surface area contributed by atoms with E-state index in [1.165, 1.54) is 12.3 Å². The first-order valence-corrected chi connectivity index (χ1v) is 10.0. The summed E-state index contributed by atoms with van der Waals surface area (Å²) >= 11 is 5.78. The molecule has 0 saturated carbocycles. The number of hydrogen-bond donors (Lipinski definition) is 1. The highest BCUT2D eigenvalue weighted by molar-refractivity contribution is 6.29. The molecule has 0 aliphatic carbocycles. The smallest absolute Gasteiger partial charge is 0.358 e. The number of hydrogen-bond acceptors (Lipinski definition) is 6. The Bertz CT molecular complexity index is 885. The fourth-order valence-electron chi connectivity index (χ4n) is 3.90. The maximum atomic E-state index is 12.8. The van der Waals surface area contributed by atoms with E-state index in [-0.39, 0.29) is 17.8 Å². The zero-order chi connectivity index (χ0) is 21.3. The first-order valence-electron chi connectivity index (χ1n) is 9.64. The van der Waals surface area contributed by atoms with E-state index in [0.717, 1.165) is 44.0 Å². The van der Waals surface area contributed by atoms with Gasteiger partial charge in [0.15, 0.2) is 0 Å². The lowest BCUT2D eigenvalue weighted by Gasteiger charge is -2.37. The molecular formula is C19H20ClF3N6O. The summed E-state index contributed by atoms with van der Waals surface area (Å²) in [4.78, 5) is 28.9. The number of carbonyl (C=O) groups is 1. The Morgan fingerprint density at radius 1 is 1.00 bits per heavy atom. The monoisotopic (exact) mass is 440 g/mol. The minimum absolute atomic E-state index is 0.0403. The minimum Gasteiger partial charge on any atom is -0.358 e. The zero-order valence-electron chi connectivity index (χ0n) is 15.9. The van der Waals surface area contributed by atoms with E-state index in [1.807, 2.05) is 4.90 Å². The number of nitrogens with one attached hydrogen (secondary N) is 1. The van der Waals surface area contributed by atoms with Gasteiger partial charge in [0, 0.05) is 31.9 Å². The van der Waals surface area contributed by atoms with Gasteiger partial charge >= 0.3 is 6.18 Å². The van der Waals surface area contributed by atoms with Crippen LogP contribution in [0.25, 0.3) is 0 Å². The van der Waals surface area contributed by atoms with E-state index >= 15 is 0 Å². The summed E-state index contributed by atoms with van der Waals surface area (Å²) in [5.74, 6) is 0.985. The second-order valence-electron chi connectivity index (χ2n) is 7.36. The highest BCUT2D eigenvalue weighted by Gasteiger charge is 2.37. The molecule has 4 heterocycles. The molecule has 7 nitrogen and oxygen atoms in total. The minimum atomic E-state index is -4.43. The molecule has 0 spiro atoms. The Morgan fingerprint density at radius 2 is 1.77 bits per heavy atom. The summed E-state index contributed by atoms with van der Waals surface area (Å²) in [6, 6.07) is 1.86. The number of likely N-dealkylation sites (tertiary alicyclic amines) is 1. The molecule has 11 heteroatoms. The molecule has 2 aromatic heterocycles. The van der Waals surface area contributed by atoms with E-state index in [4.69, 9.17) is 11.6 Å². The van der Waals surface area contributed by atoms with Crippen molar-refractivity contribution in [3.05, 3.63) is 41.4 Å². The van der Waals surface area contributed by atoms with Gasteiger partial charge in [-0.05, 0) is 31.4 Å². The summed E-state index contributed by atoms with van der Waals surface area (Å²) in [6.45, 7) is 2.12. The van der Waals surface area contributed by atoms with Crippen molar-refractivity contribution in [2.75, 3.05) is 29.9 Å². The molecule has 1 N–H and O–H groups in total. The SMILES string of the molecule is O=C1[C@@H](Nc2ccc(C(F)(F)F)cn2)CCN1C1CCN(c2cnc(Cl)cn2)CC1. The van der Waals surface area contributed by atoms with Crippen molar-refractivity contribution in [2.24, 2.45) is 0 Å². The molecule has 2 aromatic rings. The van der Waals surface area contributed by atoms with Crippen LogP contribution < -0.4 is 10.2 Å². The molecule has 0 aromatic carbocycles. The average molecular weight is 441 g/mol. The van der Waals surface area contributed by atoms with Crippen molar-refractivity contribution in [2.45, 2.75) is 37.5 Å². The Kier molecular flexibility index (Phi) is 5.68. The molecular weight excluding hydrogens is 421 g/mol. The first-order chi connectivity index (χ1) is 14.3. The number of alkyl halides is 3. The van der Waals surface area contributed by atoms with Gasteiger partial charge in [0.05, 0.1) is 18.0 Å². The average Bonchev–Trinajstić information content (AvgIpc) is 3.09. The van der Waals surface area contributed by atoms with Crippen LogP contribution in [0.3, 0.4) is 0 Å². The van der Waals surface area contributed by atoms with Crippen LogP contribution in [-0.4, -0.2) is 57.5 Å². The van der Waals surface area contributed by atoms with Crippen LogP contribution in [0.2, 0.25) is 5.15 Å². The summed E-state index contributed by atoms with van der Waals surface area (Å²) in [7, 11) is 0. The van der Waals surface area contributed by atoms with Crippen LogP contribution in [0.1, 0.15) is 24.8 Å². The van der Waals surface area contributed by atoms with E-state index in [2.05, 4.69) is 25.2 Å². The second-order valence-corrected chi connectivity index (χ2v) is 7.75. The normalized spacial score (nSPS) is 20.7. The Hall–Kier alpha value is -2.62. The number of anilines is 2. The molecule has 0 unspecified atom stereocenters. The van der Waals surface area contributed by atoms with Crippen molar-refractivity contribution in [3.8, 4) is 0 Å². The molecule has 4 rings (SSSR count). The number of rotatable bonds is 4. The van der Waals surface area contributed by atoms with Gasteiger partial charge in [0.25, 0.3) is 0 Å². The maximum absolute atomic E-state index is 12.8. The van der Waals surface area contributed by atoms with E-state index < -0.39 is 17.8 Å². The second kappa shape index (κ2) is 8.25. The third kappa shape index (κ3) is 4.43. The fourth-order valence-corrected chi connectivity index (χ4v) is 4.00. The zero-order valence-corrected chi connectivity index (χ0v) is 16.7. The van der Waals surface area contributed by atoms with Crippen molar-refractivity contribution >= 4 is 29.1 Å². The molecule has 30 heavy (non-hydrogen) atoms. The molecule has 1 atom stereocenters. The number of piperidine rings is 1. The van der Waals surface area contributed by atoms with E-state index in [0.29, 0.717) is 18.1 Å². The van der Waals surface area contributed by atoms with Crippen molar-refractivity contribution in [3.63, 3.8) is 0 Å². The fraction of sp³-hybridized carbons (Fsp3) is 0.474. The summed E-state index contributed by atoms with van der Waals surface area (Å²) in [5.41, 5.74) is -0.815. The van der Waals surface area contributed by atoms with E-state index in [9.17, 15) is 18.0 Å². The highest BCUT2D eigenvalue weighted by atomic mass is 35.5. The van der Waals surface area contributed by atoms with Crippen molar-refractivity contribution < 1.29 is 18.0 Å². The van der Waals surface area contributed by atoms with Gasteiger partial charge in [-0.1, -0.05) is 11.6 Å². The molecule has 0 radical (unpaired) electrons. The Balaban J connectivity index is 1.32. The molecule has 2 fully saturated rings. The highest BCUT2D eigenvalue weighted by Crippen LogP contribution is 2.30. The lowest BCUT2D eigenvalue weighted by molar-refractivity contribution is -0.137. The molecule has 2 aliphatic rings. The molecule has 160 valence electrons. The quantitative estimate of drug-likeness (QED) is 0.787. The summed E-state index contributed by atoms with van der Waals surface area (Å²) < 4.78 is 38.0. The molecule has 0 bridgehead atoms. The number of pyridine rings is 1. The van der Waals surface area contributed by atoms with E-state index in [1.54, 1.807) is 6.20 Å². The van der Waals surface area contributed by atoms with Gasteiger partial charge in [-0.3, -0.25) is 4.79 Å². The first kappa shape index (κ1) is 20.6. The third-order valence-corrected chi connectivity index (χ3v) is 5.68. The third-order valence-electron chi connectivity index (χ3n) is 5.49. The van der Waals surface area contributed by atoms with Crippen molar-refractivity contribution in [1.29, 1.82) is 0 Å². The molecule has 2 saturated heterocycles. The van der Waals surface area contributed by atoms with Gasteiger partial charge in [0.1, 0.15) is 22.8 Å². The predicted molar refractivity (Wildman–Crippen MR) is 105 cm³/mol. The summed E-state index contributed by atoms with van der Waals surface area (Å²) in [5, 5.41) is 3.31. The van der Waals surface area contributed by atoms with Crippen LogP contribution in [0.15, 0.2) is 30.7 Å². The number of carbonyl (C=O) groups excluding carboxylic acids is 1. The number of halogens is 4. The molecule has 2 aliphatic heterocycles. The van der Waals surface area contributed by atoms with Crippen LogP contribution in [0.5, 0.6) is 0 Å².